The summed E-state index contributed by atoms with van der Waals surface area (Å²) in [5.41, 5.74) is 1.09. The minimum atomic E-state index is -3.46. The molecule has 1 aromatic carbocycles. The molecule has 0 aromatic heterocycles. The molecule has 140 valence electrons. The molecule has 0 bridgehead atoms. The molecule has 1 aliphatic heterocycles. The number of rotatable bonds is 8. The van der Waals surface area contributed by atoms with Crippen LogP contribution in [0.15, 0.2) is 30.3 Å². The molecule has 1 aromatic rings. The lowest BCUT2D eigenvalue weighted by atomic mass is 9.99. The Morgan fingerprint density at radius 3 is 2.72 bits per heavy atom. The van der Waals surface area contributed by atoms with Crippen LogP contribution in [-0.4, -0.2) is 63.3 Å². The highest BCUT2D eigenvalue weighted by molar-refractivity contribution is 7.86. The molecule has 1 saturated heterocycles. The van der Waals surface area contributed by atoms with Crippen molar-refractivity contribution in [1.29, 1.82) is 0 Å². The van der Waals surface area contributed by atoms with Gasteiger partial charge >= 0.3 is 0 Å². The van der Waals surface area contributed by atoms with E-state index in [4.69, 9.17) is 4.74 Å². The van der Waals surface area contributed by atoms with Crippen molar-refractivity contribution in [3.8, 4) is 0 Å². The van der Waals surface area contributed by atoms with Crippen LogP contribution in [0, 0.1) is 5.92 Å². The summed E-state index contributed by atoms with van der Waals surface area (Å²) in [7, 11) is -0.458. The Morgan fingerprint density at radius 1 is 1.32 bits per heavy atom. The molecule has 0 radical (unpaired) electrons. The van der Waals surface area contributed by atoms with Gasteiger partial charge in [0.15, 0.2) is 0 Å². The fraction of sp³-hybridized carbons (Fsp3) is 0.588. The van der Waals surface area contributed by atoms with Gasteiger partial charge in [-0.05, 0) is 18.4 Å². The maximum Gasteiger partial charge on any atom is 0.281 e. The van der Waals surface area contributed by atoms with Gasteiger partial charge < -0.3 is 10.1 Å². The SMILES string of the molecule is CN(C)S(=O)(=O)N1CCCC(C(=O)NCCOCc2ccccc2)C1. The Hall–Kier alpha value is -1.48. The maximum atomic E-state index is 12.3. The number of nitrogens with one attached hydrogen (secondary N) is 1. The van der Waals surface area contributed by atoms with E-state index < -0.39 is 10.2 Å². The molecule has 1 aliphatic rings. The second-order valence-corrected chi connectivity index (χ2v) is 8.46. The molecule has 0 saturated carbocycles. The Labute approximate surface area is 150 Å². The lowest BCUT2D eigenvalue weighted by Gasteiger charge is -2.32. The fourth-order valence-corrected chi connectivity index (χ4v) is 3.94. The van der Waals surface area contributed by atoms with Crippen molar-refractivity contribution >= 4 is 16.1 Å². The van der Waals surface area contributed by atoms with E-state index in [1.54, 1.807) is 0 Å². The molecule has 7 nitrogen and oxygen atoms in total. The van der Waals surface area contributed by atoms with Crippen molar-refractivity contribution in [2.24, 2.45) is 5.92 Å². The van der Waals surface area contributed by atoms with E-state index in [0.717, 1.165) is 5.56 Å². The molecule has 1 amide bonds. The van der Waals surface area contributed by atoms with Crippen LogP contribution >= 0.6 is 0 Å². The Kier molecular flexibility index (Phi) is 7.37. The van der Waals surface area contributed by atoms with E-state index in [9.17, 15) is 13.2 Å². The van der Waals surface area contributed by atoms with Crippen LogP contribution in [0.4, 0.5) is 0 Å². The first-order valence-corrected chi connectivity index (χ1v) is 9.88. The fourth-order valence-electron chi connectivity index (χ4n) is 2.75. The summed E-state index contributed by atoms with van der Waals surface area (Å²) in [6.45, 7) is 2.05. The third-order valence-electron chi connectivity index (χ3n) is 4.20. The van der Waals surface area contributed by atoms with E-state index in [-0.39, 0.29) is 18.4 Å². The second-order valence-electron chi connectivity index (χ2n) is 6.32. The Balaban J connectivity index is 1.71. The lowest BCUT2D eigenvalue weighted by Crippen LogP contribution is -2.49. The third kappa shape index (κ3) is 5.78. The zero-order valence-corrected chi connectivity index (χ0v) is 15.7. The topological polar surface area (TPSA) is 79.0 Å². The van der Waals surface area contributed by atoms with Gasteiger partial charge in [-0.2, -0.15) is 17.0 Å². The molecule has 0 aliphatic carbocycles. The number of carbonyl (C=O) groups excluding carboxylic acids is 1. The zero-order chi connectivity index (χ0) is 18.3. The molecule has 1 heterocycles. The van der Waals surface area contributed by atoms with Crippen LogP contribution in [0.5, 0.6) is 0 Å². The molecule has 2 rings (SSSR count). The number of piperidine rings is 1. The number of amides is 1. The number of nitrogens with zero attached hydrogens (tertiary/aromatic N) is 2. The van der Waals surface area contributed by atoms with Crippen molar-refractivity contribution in [1.82, 2.24) is 13.9 Å². The van der Waals surface area contributed by atoms with Crippen molar-refractivity contribution in [2.45, 2.75) is 19.4 Å². The van der Waals surface area contributed by atoms with E-state index in [1.165, 1.54) is 22.7 Å². The minimum absolute atomic E-state index is 0.109. The highest BCUT2D eigenvalue weighted by Crippen LogP contribution is 2.20. The van der Waals surface area contributed by atoms with Crippen molar-refractivity contribution in [3.05, 3.63) is 35.9 Å². The highest BCUT2D eigenvalue weighted by atomic mass is 32.2. The zero-order valence-electron chi connectivity index (χ0n) is 14.8. The van der Waals surface area contributed by atoms with Gasteiger partial charge in [0, 0.05) is 33.7 Å². The molecule has 1 unspecified atom stereocenters. The van der Waals surface area contributed by atoms with Gasteiger partial charge in [-0.1, -0.05) is 30.3 Å². The van der Waals surface area contributed by atoms with Gasteiger partial charge in [-0.15, -0.1) is 0 Å². The highest BCUT2D eigenvalue weighted by Gasteiger charge is 2.33. The molecular weight excluding hydrogens is 342 g/mol. The smallest absolute Gasteiger partial charge is 0.281 e. The van der Waals surface area contributed by atoms with E-state index in [2.05, 4.69) is 5.32 Å². The van der Waals surface area contributed by atoms with Crippen molar-refractivity contribution in [2.75, 3.05) is 40.3 Å². The van der Waals surface area contributed by atoms with Crippen LogP contribution in [0.3, 0.4) is 0 Å². The van der Waals surface area contributed by atoms with Gasteiger partial charge in [0.05, 0.1) is 19.1 Å². The summed E-state index contributed by atoms with van der Waals surface area (Å²) >= 11 is 0. The van der Waals surface area contributed by atoms with Crippen LogP contribution in [0.1, 0.15) is 18.4 Å². The molecule has 8 heteroatoms. The van der Waals surface area contributed by atoms with E-state index in [0.29, 0.717) is 39.1 Å². The van der Waals surface area contributed by atoms with Gasteiger partial charge in [0.1, 0.15) is 0 Å². The first kappa shape index (κ1) is 19.8. The van der Waals surface area contributed by atoms with Gasteiger partial charge in [-0.3, -0.25) is 4.79 Å². The van der Waals surface area contributed by atoms with E-state index in [1.807, 2.05) is 30.3 Å². The lowest BCUT2D eigenvalue weighted by molar-refractivity contribution is -0.126. The predicted octanol–water partition coefficient (Wildman–Crippen LogP) is 0.838. The van der Waals surface area contributed by atoms with E-state index >= 15 is 0 Å². The Morgan fingerprint density at radius 2 is 2.04 bits per heavy atom. The van der Waals surface area contributed by atoms with Crippen molar-refractivity contribution in [3.63, 3.8) is 0 Å². The first-order chi connectivity index (χ1) is 11.9. The molecule has 1 N–H and O–H groups in total. The van der Waals surface area contributed by atoms with Gasteiger partial charge in [-0.25, -0.2) is 0 Å². The average Bonchev–Trinajstić information content (AvgIpc) is 2.62. The standard InChI is InChI=1S/C17H27N3O4S/c1-19(2)25(22,23)20-11-6-9-16(13-20)17(21)18-10-12-24-14-15-7-4-3-5-8-15/h3-5,7-8,16H,6,9-14H2,1-2H3,(H,18,21). The van der Waals surface area contributed by atoms with Crippen LogP contribution in [-0.2, 0) is 26.3 Å². The minimum Gasteiger partial charge on any atom is -0.375 e. The molecule has 0 spiro atoms. The number of hydrogen-bond acceptors (Lipinski definition) is 4. The molecule has 25 heavy (non-hydrogen) atoms. The Bertz CT molecular complexity index is 649. The predicted molar refractivity (Wildman–Crippen MR) is 96.0 cm³/mol. The number of benzene rings is 1. The largest absolute Gasteiger partial charge is 0.375 e. The van der Waals surface area contributed by atoms with Gasteiger partial charge in [0.2, 0.25) is 5.91 Å². The normalized spacial score (nSPS) is 19.1. The summed E-state index contributed by atoms with van der Waals surface area (Å²) in [4.78, 5) is 12.3. The quantitative estimate of drug-likeness (QED) is 0.689. The summed E-state index contributed by atoms with van der Waals surface area (Å²) in [5.74, 6) is -0.417. The average molecular weight is 369 g/mol. The number of carbonyl (C=O) groups is 1. The summed E-state index contributed by atoms with van der Waals surface area (Å²) in [6.07, 6.45) is 1.39. The van der Waals surface area contributed by atoms with Crippen LogP contribution < -0.4 is 5.32 Å². The summed E-state index contributed by atoms with van der Waals surface area (Å²) < 4.78 is 32.5. The summed E-state index contributed by atoms with van der Waals surface area (Å²) in [5, 5.41) is 2.84. The second kappa shape index (κ2) is 9.28. The molecule has 1 atom stereocenters. The maximum absolute atomic E-state index is 12.3. The van der Waals surface area contributed by atoms with Crippen molar-refractivity contribution < 1.29 is 17.9 Å². The van der Waals surface area contributed by atoms with Crippen LogP contribution in [0.25, 0.3) is 0 Å². The van der Waals surface area contributed by atoms with Crippen LogP contribution in [0.2, 0.25) is 0 Å². The number of ether oxygens (including phenoxy) is 1. The van der Waals surface area contributed by atoms with Gasteiger partial charge in [0.25, 0.3) is 10.2 Å². The molecular formula is C17H27N3O4S. The first-order valence-electron chi connectivity index (χ1n) is 8.48. The number of hydrogen-bond donors (Lipinski definition) is 1. The monoisotopic (exact) mass is 369 g/mol. The third-order valence-corrected chi connectivity index (χ3v) is 6.11. The summed E-state index contributed by atoms with van der Waals surface area (Å²) in [6, 6.07) is 9.84. The molecule has 1 fully saturated rings.